The lowest BCUT2D eigenvalue weighted by atomic mass is 10.1. The SMILES string of the molecule is Cc1ccc(/C=C/C(=O)N2Cc3sccc3-c3n[nH]c(C)c32)cc1. The van der Waals surface area contributed by atoms with Crippen LogP contribution in [0.15, 0.2) is 41.8 Å². The quantitative estimate of drug-likeness (QED) is 0.709. The van der Waals surface area contributed by atoms with Gasteiger partial charge in [0.05, 0.1) is 17.9 Å². The molecule has 0 radical (unpaired) electrons. The van der Waals surface area contributed by atoms with Crippen LogP contribution in [0, 0.1) is 13.8 Å². The molecule has 2 aromatic heterocycles. The molecule has 3 aromatic rings. The van der Waals surface area contributed by atoms with E-state index in [9.17, 15) is 4.79 Å². The Balaban J connectivity index is 1.66. The molecular weight excluding hydrogens is 318 g/mol. The highest BCUT2D eigenvalue weighted by Crippen LogP contribution is 2.41. The first-order valence-electron chi connectivity index (χ1n) is 7.81. The van der Waals surface area contributed by atoms with Gasteiger partial charge in [-0.3, -0.25) is 14.8 Å². The van der Waals surface area contributed by atoms with Gasteiger partial charge in [-0.1, -0.05) is 29.8 Å². The van der Waals surface area contributed by atoms with Crippen LogP contribution in [-0.4, -0.2) is 16.1 Å². The van der Waals surface area contributed by atoms with E-state index in [0.717, 1.165) is 28.2 Å². The number of fused-ring (bicyclic) bond motifs is 3. The zero-order valence-electron chi connectivity index (χ0n) is 13.5. The number of aromatic nitrogens is 2. The summed E-state index contributed by atoms with van der Waals surface area (Å²) in [5.74, 6) is -0.0274. The minimum absolute atomic E-state index is 0.0274. The highest BCUT2D eigenvalue weighted by Gasteiger charge is 2.30. The third-order valence-corrected chi connectivity index (χ3v) is 5.15. The van der Waals surface area contributed by atoms with Crippen molar-refractivity contribution in [2.45, 2.75) is 20.4 Å². The number of rotatable bonds is 2. The van der Waals surface area contributed by atoms with Gasteiger partial charge in [0.25, 0.3) is 5.91 Å². The number of carbonyl (C=O) groups is 1. The smallest absolute Gasteiger partial charge is 0.251 e. The van der Waals surface area contributed by atoms with Gasteiger partial charge in [-0.05, 0) is 36.9 Å². The van der Waals surface area contributed by atoms with Gasteiger partial charge in [-0.25, -0.2) is 0 Å². The summed E-state index contributed by atoms with van der Waals surface area (Å²) in [4.78, 5) is 15.8. The van der Waals surface area contributed by atoms with Crippen molar-refractivity contribution < 1.29 is 4.79 Å². The summed E-state index contributed by atoms with van der Waals surface area (Å²) in [7, 11) is 0. The molecule has 1 aromatic carbocycles. The summed E-state index contributed by atoms with van der Waals surface area (Å²) >= 11 is 1.66. The Labute approximate surface area is 144 Å². The summed E-state index contributed by atoms with van der Waals surface area (Å²) < 4.78 is 0. The molecule has 0 saturated carbocycles. The zero-order valence-corrected chi connectivity index (χ0v) is 14.4. The van der Waals surface area contributed by atoms with Crippen LogP contribution in [0.1, 0.15) is 21.7 Å². The molecule has 0 saturated heterocycles. The van der Waals surface area contributed by atoms with E-state index >= 15 is 0 Å². The number of aromatic amines is 1. The lowest BCUT2D eigenvalue weighted by Gasteiger charge is -2.26. The molecule has 0 fully saturated rings. The molecule has 0 bridgehead atoms. The number of H-pyrrole nitrogens is 1. The standard InChI is InChI=1S/C19H17N3OS/c1-12-3-5-14(6-4-12)7-8-17(23)22-11-16-15(9-10-24-16)18-19(22)13(2)20-21-18/h3-10H,11H2,1-2H3,(H,20,21)/b8-7+. The van der Waals surface area contributed by atoms with Crippen LogP contribution in [0.2, 0.25) is 0 Å². The minimum Gasteiger partial charge on any atom is -0.300 e. The summed E-state index contributed by atoms with van der Waals surface area (Å²) in [6.45, 7) is 4.60. The largest absolute Gasteiger partial charge is 0.300 e. The molecule has 1 amide bonds. The third kappa shape index (κ3) is 2.47. The zero-order chi connectivity index (χ0) is 16.7. The molecule has 4 rings (SSSR count). The average molecular weight is 335 g/mol. The summed E-state index contributed by atoms with van der Waals surface area (Å²) in [6.07, 6.45) is 3.50. The van der Waals surface area contributed by atoms with Crippen LogP contribution in [-0.2, 0) is 11.3 Å². The number of aryl methyl sites for hydroxylation is 2. The first kappa shape index (κ1) is 14.9. The molecule has 0 spiro atoms. The predicted octanol–water partition coefficient (Wildman–Crippen LogP) is 4.32. The van der Waals surface area contributed by atoms with Gasteiger partial charge in [0.15, 0.2) is 0 Å². The van der Waals surface area contributed by atoms with Crippen LogP contribution in [0.4, 0.5) is 5.69 Å². The number of nitrogens with zero attached hydrogens (tertiary/aromatic N) is 2. The van der Waals surface area contributed by atoms with E-state index in [4.69, 9.17) is 0 Å². The van der Waals surface area contributed by atoms with E-state index in [0.29, 0.717) is 6.54 Å². The van der Waals surface area contributed by atoms with E-state index in [1.807, 2.05) is 44.2 Å². The highest BCUT2D eigenvalue weighted by atomic mass is 32.1. The van der Waals surface area contributed by atoms with Crippen LogP contribution in [0.25, 0.3) is 17.3 Å². The Kier molecular flexibility index (Phi) is 3.58. The number of carbonyl (C=O) groups excluding carboxylic acids is 1. The molecule has 3 heterocycles. The van der Waals surface area contributed by atoms with Gasteiger partial charge in [-0.15, -0.1) is 11.3 Å². The van der Waals surface area contributed by atoms with Crippen molar-refractivity contribution in [2.24, 2.45) is 0 Å². The monoisotopic (exact) mass is 335 g/mol. The number of thiophene rings is 1. The normalized spacial score (nSPS) is 13.2. The van der Waals surface area contributed by atoms with E-state index < -0.39 is 0 Å². The van der Waals surface area contributed by atoms with Gasteiger partial charge in [0.1, 0.15) is 5.69 Å². The molecular formula is C19H17N3OS. The summed E-state index contributed by atoms with van der Waals surface area (Å²) in [5.41, 5.74) is 6.03. The van der Waals surface area contributed by atoms with Crippen molar-refractivity contribution in [3.63, 3.8) is 0 Å². The number of hydrogen-bond acceptors (Lipinski definition) is 3. The second kappa shape index (κ2) is 5.76. The molecule has 5 heteroatoms. The van der Waals surface area contributed by atoms with Crippen LogP contribution >= 0.6 is 11.3 Å². The fraction of sp³-hybridized carbons (Fsp3) is 0.158. The molecule has 120 valence electrons. The van der Waals surface area contributed by atoms with E-state index in [1.165, 1.54) is 10.4 Å². The Bertz CT molecular complexity index is 934. The molecule has 0 atom stereocenters. The number of amides is 1. The predicted molar refractivity (Wildman–Crippen MR) is 98.0 cm³/mol. The van der Waals surface area contributed by atoms with Crippen molar-refractivity contribution in [2.75, 3.05) is 4.90 Å². The Morgan fingerprint density at radius 3 is 2.83 bits per heavy atom. The van der Waals surface area contributed by atoms with Gasteiger partial charge in [0.2, 0.25) is 0 Å². The van der Waals surface area contributed by atoms with Crippen molar-refractivity contribution >= 4 is 29.0 Å². The lowest BCUT2D eigenvalue weighted by molar-refractivity contribution is -0.114. The summed E-state index contributed by atoms with van der Waals surface area (Å²) in [5, 5.41) is 9.46. The Morgan fingerprint density at radius 2 is 2.04 bits per heavy atom. The molecule has 1 N–H and O–H groups in total. The second-order valence-corrected chi connectivity index (χ2v) is 6.97. The topological polar surface area (TPSA) is 49.0 Å². The Hall–Kier alpha value is -2.66. The van der Waals surface area contributed by atoms with Crippen molar-refractivity contribution in [1.29, 1.82) is 0 Å². The fourth-order valence-electron chi connectivity index (χ4n) is 2.96. The molecule has 4 nitrogen and oxygen atoms in total. The molecule has 1 aliphatic heterocycles. The number of anilines is 1. The van der Waals surface area contributed by atoms with Crippen LogP contribution in [0.3, 0.4) is 0 Å². The minimum atomic E-state index is -0.0274. The summed E-state index contributed by atoms with van der Waals surface area (Å²) in [6, 6.07) is 10.2. The van der Waals surface area contributed by atoms with E-state index in [2.05, 4.69) is 21.6 Å². The second-order valence-electron chi connectivity index (χ2n) is 5.97. The average Bonchev–Trinajstić information content (AvgIpc) is 3.20. The molecule has 0 aliphatic carbocycles. The Morgan fingerprint density at radius 1 is 1.25 bits per heavy atom. The third-order valence-electron chi connectivity index (χ3n) is 4.25. The first-order chi connectivity index (χ1) is 11.6. The van der Waals surface area contributed by atoms with E-state index in [1.54, 1.807) is 22.3 Å². The maximum absolute atomic E-state index is 12.8. The van der Waals surface area contributed by atoms with Gasteiger partial charge in [-0.2, -0.15) is 5.10 Å². The van der Waals surface area contributed by atoms with Crippen molar-refractivity contribution in [1.82, 2.24) is 10.2 Å². The van der Waals surface area contributed by atoms with Crippen LogP contribution in [0.5, 0.6) is 0 Å². The van der Waals surface area contributed by atoms with Crippen molar-refractivity contribution in [3.05, 3.63) is 63.5 Å². The van der Waals surface area contributed by atoms with Gasteiger partial charge >= 0.3 is 0 Å². The maximum Gasteiger partial charge on any atom is 0.251 e. The highest BCUT2D eigenvalue weighted by molar-refractivity contribution is 7.10. The fourth-order valence-corrected chi connectivity index (χ4v) is 3.82. The van der Waals surface area contributed by atoms with Crippen LogP contribution < -0.4 is 4.90 Å². The first-order valence-corrected chi connectivity index (χ1v) is 8.69. The van der Waals surface area contributed by atoms with Crippen molar-refractivity contribution in [3.8, 4) is 11.3 Å². The molecule has 0 unspecified atom stereocenters. The number of benzene rings is 1. The van der Waals surface area contributed by atoms with E-state index in [-0.39, 0.29) is 5.91 Å². The maximum atomic E-state index is 12.8. The van der Waals surface area contributed by atoms with Gasteiger partial charge in [0, 0.05) is 16.5 Å². The van der Waals surface area contributed by atoms with Gasteiger partial charge < -0.3 is 0 Å². The molecule has 24 heavy (non-hydrogen) atoms. The number of hydrogen-bond donors (Lipinski definition) is 1. The molecule has 1 aliphatic rings. The number of nitrogens with one attached hydrogen (secondary N) is 1. The lowest BCUT2D eigenvalue weighted by Crippen LogP contribution is -2.31.